The summed E-state index contributed by atoms with van der Waals surface area (Å²) in [5.74, 6) is 0.601. The predicted octanol–water partition coefficient (Wildman–Crippen LogP) is 1.25. The van der Waals surface area contributed by atoms with Gasteiger partial charge in [0, 0.05) is 69.1 Å². The van der Waals surface area contributed by atoms with E-state index in [0.717, 1.165) is 50.3 Å². The first-order chi connectivity index (χ1) is 13.1. The molecule has 142 valence electrons. The van der Waals surface area contributed by atoms with Crippen molar-refractivity contribution in [2.45, 2.75) is 32.4 Å². The lowest BCUT2D eigenvalue weighted by Crippen LogP contribution is -2.54. The molecule has 0 aliphatic carbocycles. The fourth-order valence-corrected chi connectivity index (χ4v) is 4.17. The average molecular weight is 367 g/mol. The predicted molar refractivity (Wildman–Crippen MR) is 102 cm³/mol. The first-order valence-electron chi connectivity index (χ1n) is 9.58. The van der Waals surface area contributed by atoms with Gasteiger partial charge in [-0.1, -0.05) is 0 Å². The number of amides is 1. The largest absolute Gasteiger partial charge is 0.339 e. The summed E-state index contributed by atoms with van der Waals surface area (Å²) in [5, 5.41) is 4.52. The highest BCUT2D eigenvalue weighted by atomic mass is 16.2. The molecule has 0 bridgehead atoms. The second-order valence-electron chi connectivity index (χ2n) is 7.57. The maximum Gasteiger partial charge on any atom is 0.266 e. The molecule has 27 heavy (non-hydrogen) atoms. The fourth-order valence-electron chi connectivity index (χ4n) is 4.17. The molecule has 2 aromatic heterocycles. The quantitative estimate of drug-likeness (QED) is 0.795. The monoisotopic (exact) mass is 367 g/mol. The third kappa shape index (κ3) is 3.93. The first kappa shape index (κ1) is 17.9. The van der Waals surface area contributed by atoms with Crippen LogP contribution in [0.2, 0.25) is 0 Å². The standard InChI is InChI=1S/C20H25N5O2/c1-15(26)24-9-3-5-18(24)14-23-11-16(12-23)13-25-20(27)7-6-19(22-25)17-4-2-8-21-10-17/h2,4,6-8,10,16,18H,3,5,9,11-14H2,1H3. The minimum Gasteiger partial charge on any atom is -0.339 e. The van der Waals surface area contributed by atoms with Crippen LogP contribution >= 0.6 is 0 Å². The molecule has 1 unspecified atom stereocenters. The molecule has 2 aromatic rings. The Balaban J connectivity index is 1.35. The van der Waals surface area contributed by atoms with Crippen molar-refractivity contribution < 1.29 is 4.79 Å². The van der Waals surface area contributed by atoms with Crippen LogP contribution < -0.4 is 5.56 Å². The molecule has 0 saturated carbocycles. The van der Waals surface area contributed by atoms with Crippen LogP contribution in [0.5, 0.6) is 0 Å². The van der Waals surface area contributed by atoms with Crippen LogP contribution in [0.15, 0.2) is 41.5 Å². The molecule has 2 fully saturated rings. The topological polar surface area (TPSA) is 71.3 Å². The summed E-state index contributed by atoms with van der Waals surface area (Å²) >= 11 is 0. The van der Waals surface area contributed by atoms with Crippen LogP contribution in [-0.2, 0) is 11.3 Å². The van der Waals surface area contributed by atoms with Gasteiger partial charge in [0.05, 0.1) is 12.2 Å². The van der Waals surface area contributed by atoms with E-state index < -0.39 is 0 Å². The fraction of sp³-hybridized carbons (Fsp3) is 0.500. The third-order valence-corrected chi connectivity index (χ3v) is 5.54. The van der Waals surface area contributed by atoms with Gasteiger partial charge in [-0.2, -0.15) is 5.10 Å². The number of pyridine rings is 1. The molecule has 0 aromatic carbocycles. The molecule has 0 spiro atoms. The zero-order chi connectivity index (χ0) is 18.8. The molecular formula is C20H25N5O2. The van der Waals surface area contributed by atoms with Crippen molar-refractivity contribution in [3.05, 3.63) is 47.0 Å². The molecule has 2 aliphatic heterocycles. The zero-order valence-corrected chi connectivity index (χ0v) is 15.6. The van der Waals surface area contributed by atoms with E-state index in [9.17, 15) is 9.59 Å². The highest BCUT2D eigenvalue weighted by Crippen LogP contribution is 2.23. The average Bonchev–Trinajstić information content (AvgIpc) is 3.11. The summed E-state index contributed by atoms with van der Waals surface area (Å²) in [4.78, 5) is 32.4. The van der Waals surface area contributed by atoms with Crippen molar-refractivity contribution >= 4 is 5.91 Å². The Bertz CT molecular complexity index is 860. The Kier molecular flexibility index (Phi) is 5.03. The van der Waals surface area contributed by atoms with Crippen LogP contribution in [0.1, 0.15) is 19.8 Å². The highest BCUT2D eigenvalue weighted by molar-refractivity contribution is 5.73. The molecule has 7 nitrogen and oxygen atoms in total. The Morgan fingerprint density at radius 2 is 2.07 bits per heavy atom. The Morgan fingerprint density at radius 1 is 1.22 bits per heavy atom. The maximum atomic E-state index is 12.2. The Labute approximate surface area is 158 Å². The van der Waals surface area contributed by atoms with Gasteiger partial charge in [0.2, 0.25) is 5.91 Å². The molecule has 0 radical (unpaired) electrons. The van der Waals surface area contributed by atoms with Crippen LogP contribution in [0.25, 0.3) is 11.3 Å². The summed E-state index contributed by atoms with van der Waals surface area (Å²) < 4.78 is 1.57. The van der Waals surface area contributed by atoms with E-state index >= 15 is 0 Å². The van der Waals surface area contributed by atoms with Gasteiger partial charge in [-0.15, -0.1) is 0 Å². The van der Waals surface area contributed by atoms with Gasteiger partial charge in [0.1, 0.15) is 0 Å². The Morgan fingerprint density at radius 3 is 2.81 bits per heavy atom. The van der Waals surface area contributed by atoms with E-state index in [-0.39, 0.29) is 11.5 Å². The summed E-state index contributed by atoms with van der Waals surface area (Å²) in [5.41, 5.74) is 1.61. The summed E-state index contributed by atoms with van der Waals surface area (Å²) in [7, 11) is 0. The molecule has 7 heteroatoms. The smallest absolute Gasteiger partial charge is 0.266 e. The maximum absolute atomic E-state index is 12.2. The van der Waals surface area contributed by atoms with Crippen LogP contribution in [0, 0.1) is 5.92 Å². The number of carbonyl (C=O) groups excluding carboxylic acids is 1. The van der Waals surface area contributed by atoms with E-state index in [0.29, 0.717) is 18.5 Å². The number of carbonyl (C=O) groups is 1. The zero-order valence-electron chi connectivity index (χ0n) is 15.6. The summed E-state index contributed by atoms with van der Waals surface area (Å²) in [6, 6.07) is 7.48. The van der Waals surface area contributed by atoms with E-state index in [4.69, 9.17) is 0 Å². The molecular weight excluding hydrogens is 342 g/mol. The lowest BCUT2D eigenvalue weighted by molar-refractivity contribution is -0.130. The normalized spacial score (nSPS) is 20.6. The molecule has 2 saturated heterocycles. The number of nitrogens with zero attached hydrogens (tertiary/aromatic N) is 5. The molecule has 2 aliphatic rings. The van der Waals surface area contributed by atoms with Crippen LogP contribution in [-0.4, -0.2) is 62.7 Å². The minimum absolute atomic E-state index is 0.0698. The number of aromatic nitrogens is 3. The van der Waals surface area contributed by atoms with E-state index in [2.05, 4.69) is 15.0 Å². The summed E-state index contributed by atoms with van der Waals surface area (Å²) in [6.45, 7) is 6.02. The highest BCUT2D eigenvalue weighted by Gasteiger charge is 2.33. The molecule has 1 atom stereocenters. The van der Waals surface area contributed by atoms with E-state index in [1.165, 1.54) is 0 Å². The number of rotatable bonds is 5. The lowest BCUT2D eigenvalue weighted by atomic mass is 9.99. The van der Waals surface area contributed by atoms with Crippen molar-refractivity contribution in [1.29, 1.82) is 0 Å². The molecule has 1 amide bonds. The second kappa shape index (κ2) is 7.60. The van der Waals surface area contributed by atoms with Gasteiger partial charge in [-0.3, -0.25) is 14.6 Å². The van der Waals surface area contributed by atoms with Crippen molar-refractivity contribution in [2.24, 2.45) is 5.92 Å². The SMILES string of the molecule is CC(=O)N1CCCC1CN1CC(Cn2nc(-c3cccnc3)ccc2=O)C1. The van der Waals surface area contributed by atoms with Crippen molar-refractivity contribution in [3.8, 4) is 11.3 Å². The van der Waals surface area contributed by atoms with Gasteiger partial charge in [-0.05, 0) is 31.0 Å². The summed E-state index contributed by atoms with van der Waals surface area (Å²) in [6.07, 6.45) is 5.67. The Hall–Kier alpha value is -2.54. The lowest BCUT2D eigenvalue weighted by Gasteiger charge is -2.41. The minimum atomic E-state index is -0.0698. The number of likely N-dealkylation sites (tertiary alicyclic amines) is 2. The number of hydrogen-bond acceptors (Lipinski definition) is 5. The van der Waals surface area contributed by atoms with Gasteiger partial charge in [-0.25, -0.2) is 4.68 Å². The third-order valence-electron chi connectivity index (χ3n) is 5.54. The van der Waals surface area contributed by atoms with Crippen molar-refractivity contribution in [3.63, 3.8) is 0 Å². The van der Waals surface area contributed by atoms with Gasteiger partial charge in [0.25, 0.3) is 5.56 Å². The van der Waals surface area contributed by atoms with Crippen molar-refractivity contribution in [1.82, 2.24) is 24.6 Å². The molecule has 4 heterocycles. The van der Waals surface area contributed by atoms with E-state index in [1.807, 2.05) is 17.0 Å². The van der Waals surface area contributed by atoms with Gasteiger partial charge < -0.3 is 9.80 Å². The molecule has 4 rings (SSSR count). The molecule has 0 N–H and O–H groups in total. The second-order valence-corrected chi connectivity index (χ2v) is 7.57. The van der Waals surface area contributed by atoms with Crippen LogP contribution in [0.4, 0.5) is 0 Å². The number of hydrogen-bond donors (Lipinski definition) is 0. The van der Waals surface area contributed by atoms with Crippen LogP contribution in [0.3, 0.4) is 0 Å². The van der Waals surface area contributed by atoms with Gasteiger partial charge in [0.15, 0.2) is 0 Å². The first-order valence-corrected chi connectivity index (χ1v) is 9.58. The van der Waals surface area contributed by atoms with Gasteiger partial charge >= 0.3 is 0 Å². The van der Waals surface area contributed by atoms with Crippen molar-refractivity contribution in [2.75, 3.05) is 26.2 Å². The van der Waals surface area contributed by atoms with E-state index in [1.54, 1.807) is 36.1 Å².